The lowest BCUT2D eigenvalue weighted by atomic mass is 10.1. The summed E-state index contributed by atoms with van der Waals surface area (Å²) in [6.07, 6.45) is 3.35. The van der Waals surface area contributed by atoms with Crippen molar-refractivity contribution in [2.45, 2.75) is 18.2 Å². The fourth-order valence-corrected chi connectivity index (χ4v) is 3.67. The van der Waals surface area contributed by atoms with Crippen LogP contribution in [0.2, 0.25) is 0 Å². The molecule has 5 rings (SSSR count). The van der Waals surface area contributed by atoms with Crippen molar-refractivity contribution in [3.63, 3.8) is 0 Å². The van der Waals surface area contributed by atoms with Gasteiger partial charge >= 0.3 is 0 Å². The van der Waals surface area contributed by atoms with Crippen LogP contribution in [0.1, 0.15) is 16.5 Å². The van der Waals surface area contributed by atoms with E-state index in [-0.39, 0.29) is 24.2 Å². The molecule has 8 heteroatoms. The highest BCUT2D eigenvalue weighted by molar-refractivity contribution is 5.93. The van der Waals surface area contributed by atoms with Crippen molar-refractivity contribution in [3.05, 3.63) is 60.6 Å². The standard InChI is InChI=1S/C20H20N4O4/c25-20(16-9-17(28-22-16)14-5-2-1-3-6-14)23-10-18-19(11-23)27-13-15(12-26-18)24-8-4-7-21-24/h1-9,15,18-19H,10-13H2/t18-,19-/m0/s1. The number of amides is 1. The number of aromatic nitrogens is 3. The molecule has 0 spiro atoms. The van der Waals surface area contributed by atoms with Crippen molar-refractivity contribution < 1.29 is 18.8 Å². The van der Waals surface area contributed by atoms with Crippen molar-refractivity contribution in [1.82, 2.24) is 19.8 Å². The molecule has 0 N–H and O–H groups in total. The first-order valence-electron chi connectivity index (χ1n) is 9.31. The van der Waals surface area contributed by atoms with E-state index in [2.05, 4.69) is 10.3 Å². The molecule has 0 saturated carbocycles. The number of benzene rings is 1. The molecular weight excluding hydrogens is 360 g/mol. The number of likely N-dealkylation sites (tertiary alicyclic amines) is 1. The summed E-state index contributed by atoms with van der Waals surface area (Å²) in [7, 11) is 0. The zero-order valence-electron chi connectivity index (χ0n) is 15.2. The second-order valence-corrected chi connectivity index (χ2v) is 7.04. The van der Waals surface area contributed by atoms with Gasteiger partial charge in [0.25, 0.3) is 5.91 Å². The molecule has 28 heavy (non-hydrogen) atoms. The molecule has 144 valence electrons. The average molecular weight is 380 g/mol. The number of nitrogens with zero attached hydrogens (tertiary/aromatic N) is 4. The summed E-state index contributed by atoms with van der Waals surface area (Å²) in [5, 5.41) is 8.22. The summed E-state index contributed by atoms with van der Waals surface area (Å²) in [6, 6.07) is 13.2. The topological polar surface area (TPSA) is 82.6 Å². The lowest BCUT2D eigenvalue weighted by Gasteiger charge is -2.18. The Bertz CT molecular complexity index is 924. The molecule has 2 aliphatic heterocycles. The zero-order valence-corrected chi connectivity index (χ0v) is 15.2. The van der Waals surface area contributed by atoms with E-state index in [1.807, 2.05) is 47.3 Å². The minimum absolute atomic E-state index is 0.0497. The second-order valence-electron chi connectivity index (χ2n) is 7.04. The maximum atomic E-state index is 12.9. The van der Waals surface area contributed by atoms with Crippen LogP contribution in [0.15, 0.2) is 59.4 Å². The molecule has 0 radical (unpaired) electrons. The van der Waals surface area contributed by atoms with Crippen molar-refractivity contribution >= 4 is 5.91 Å². The highest BCUT2D eigenvalue weighted by Gasteiger charge is 2.40. The highest BCUT2D eigenvalue weighted by atomic mass is 16.6. The van der Waals surface area contributed by atoms with E-state index in [0.29, 0.717) is 37.8 Å². The summed E-state index contributed by atoms with van der Waals surface area (Å²) in [5.74, 6) is 0.404. The third-order valence-electron chi connectivity index (χ3n) is 5.19. The van der Waals surface area contributed by atoms with Crippen LogP contribution >= 0.6 is 0 Å². The van der Waals surface area contributed by atoms with Gasteiger partial charge in [0.15, 0.2) is 11.5 Å². The van der Waals surface area contributed by atoms with Crippen LogP contribution in [0.25, 0.3) is 11.3 Å². The Morgan fingerprint density at radius 3 is 2.46 bits per heavy atom. The van der Waals surface area contributed by atoms with Gasteiger partial charge in [-0.25, -0.2) is 0 Å². The Hall–Kier alpha value is -2.97. The zero-order chi connectivity index (χ0) is 18.9. The van der Waals surface area contributed by atoms with Gasteiger partial charge in [0, 0.05) is 37.1 Å². The van der Waals surface area contributed by atoms with Crippen molar-refractivity contribution in [3.8, 4) is 11.3 Å². The quantitative estimate of drug-likeness (QED) is 0.691. The van der Waals surface area contributed by atoms with E-state index in [0.717, 1.165) is 5.56 Å². The van der Waals surface area contributed by atoms with Gasteiger partial charge in [0.2, 0.25) is 0 Å². The minimum atomic E-state index is -0.171. The number of fused-ring (bicyclic) bond motifs is 1. The lowest BCUT2D eigenvalue weighted by Crippen LogP contribution is -2.31. The van der Waals surface area contributed by atoms with E-state index in [4.69, 9.17) is 14.0 Å². The smallest absolute Gasteiger partial charge is 0.276 e. The summed E-state index contributed by atoms with van der Waals surface area (Å²) in [6.45, 7) is 1.96. The fraction of sp³-hybridized carbons (Fsp3) is 0.350. The fourth-order valence-electron chi connectivity index (χ4n) is 3.67. The SMILES string of the molecule is O=C(c1cc(-c2ccccc2)on1)N1C[C@@H]2OCC(n3cccn3)CO[C@H]2C1. The van der Waals surface area contributed by atoms with Crippen LogP contribution in [0.5, 0.6) is 0 Å². The Labute approximate surface area is 161 Å². The van der Waals surface area contributed by atoms with Crippen LogP contribution in [0.4, 0.5) is 0 Å². The number of ether oxygens (including phenoxy) is 2. The molecule has 0 bridgehead atoms. The minimum Gasteiger partial charge on any atom is -0.371 e. The first-order chi connectivity index (χ1) is 13.8. The van der Waals surface area contributed by atoms with Crippen molar-refractivity contribution in [2.75, 3.05) is 26.3 Å². The summed E-state index contributed by atoms with van der Waals surface area (Å²) < 4.78 is 19.3. The van der Waals surface area contributed by atoms with Crippen molar-refractivity contribution in [1.29, 1.82) is 0 Å². The normalized spacial score (nSPS) is 22.8. The highest BCUT2D eigenvalue weighted by Crippen LogP contribution is 2.26. The van der Waals surface area contributed by atoms with E-state index in [9.17, 15) is 4.79 Å². The third kappa shape index (κ3) is 3.21. The van der Waals surface area contributed by atoms with Crippen LogP contribution in [-0.2, 0) is 9.47 Å². The van der Waals surface area contributed by atoms with Crippen LogP contribution < -0.4 is 0 Å². The molecule has 2 atom stereocenters. The predicted molar refractivity (Wildman–Crippen MR) is 98.6 cm³/mol. The molecule has 1 amide bonds. The van der Waals surface area contributed by atoms with Gasteiger partial charge < -0.3 is 18.9 Å². The third-order valence-corrected chi connectivity index (χ3v) is 5.19. The summed E-state index contributed by atoms with van der Waals surface area (Å²) >= 11 is 0. The van der Waals surface area contributed by atoms with E-state index in [1.54, 1.807) is 17.2 Å². The first-order valence-corrected chi connectivity index (χ1v) is 9.31. The van der Waals surface area contributed by atoms with E-state index < -0.39 is 0 Å². The number of hydrogen-bond acceptors (Lipinski definition) is 6. The average Bonchev–Trinajstić information content (AvgIpc) is 3.48. The molecule has 4 heterocycles. The van der Waals surface area contributed by atoms with E-state index in [1.165, 1.54) is 0 Å². The largest absolute Gasteiger partial charge is 0.371 e. The van der Waals surface area contributed by atoms with Gasteiger partial charge in [-0.2, -0.15) is 5.10 Å². The number of hydrogen-bond donors (Lipinski definition) is 0. The Morgan fingerprint density at radius 1 is 1.04 bits per heavy atom. The van der Waals surface area contributed by atoms with Gasteiger partial charge in [-0.15, -0.1) is 0 Å². The molecule has 8 nitrogen and oxygen atoms in total. The van der Waals surface area contributed by atoms with Gasteiger partial charge in [-0.1, -0.05) is 35.5 Å². The maximum absolute atomic E-state index is 12.9. The van der Waals surface area contributed by atoms with Crippen LogP contribution in [-0.4, -0.2) is 64.3 Å². The number of rotatable bonds is 3. The molecule has 3 aromatic rings. The summed E-state index contributed by atoms with van der Waals surface area (Å²) in [5.41, 5.74) is 1.18. The Morgan fingerprint density at radius 2 is 1.79 bits per heavy atom. The summed E-state index contributed by atoms with van der Waals surface area (Å²) in [4.78, 5) is 14.6. The molecule has 2 saturated heterocycles. The Balaban J connectivity index is 1.25. The van der Waals surface area contributed by atoms with E-state index >= 15 is 0 Å². The maximum Gasteiger partial charge on any atom is 0.276 e. The van der Waals surface area contributed by atoms with Gasteiger partial charge in [0.05, 0.1) is 19.3 Å². The molecule has 2 aromatic heterocycles. The lowest BCUT2D eigenvalue weighted by molar-refractivity contribution is -0.00461. The van der Waals surface area contributed by atoms with Crippen LogP contribution in [0, 0.1) is 0 Å². The predicted octanol–water partition coefficient (Wildman–Crippen LogP) is 2.02. The van der Waals surface area contributed by atoms with Gasteiger partial charge in [0.1, 0.15) is 12.2 Å². The molecule has 0 aliphatic carbocycles. The molecule has 2 aliphatic rings. The van der Waals surface area contributed by atoms with Gasteiger partial charge in [-0.05, 0) is 6.07 Å². The Kier molecular flexibility index (Phi) is 4.42. The van der Waals surface area contributed by atoms with Crippen molar-refractivity contribution in [2.24, 2.45) is 0 Å². The number of carbonyl (C=O) groups is 1. The molecular formula is C20H20N4O4. The molecule has 0 unspecified atom stereocenters. The monoisotopic (exact) mass is 380 g/mol. The van der Waals surface area contributed by atoms with Crippen LogP contribution in [0.3, 0.4) is 0 Å². The second kappa shape index (κ2) is 7.21. The molecule has 2 fully saturated rings. The molecule has 1 aromatic carbocycles. The number of carbonyl (C=O) groups excluding carboxylic acids is 1. The first kappa shape index (κ1) is 17.2. The van der Waals surface area contributed by atoms with Gasteiger partial charge in [-0.3, -0.25) is 9.48 Å².